The summed E-state index contributed by atoms with van der Waals surface area (Å²) in [7, 11) is 0. The maximum Gasteiger partial charge on any atom is 0.156 e. The van der Waals surface area contributed by atoms with E-state index in [0.717, 1.165) is 18.4 Å². The molecule has 0 saturated carbocycles. The van der Waals surface area contributed by atoms with Crippen LogP contribution in [0.5, 0.6) is 0 Å². The number of allylic oxidation sites excluding steroid dienone is 4. The molecule has 1 heteroatoms. The monoisotopic (exact) mass is 254 g/mol. The van der Waals surface area contributed by atoms with Crippen LogP contribution in [0.15, 0.2) is 29.4 Å². The third-order valence-corrected chi connectivity index (χ3v) is 4.32. The van der Waals surface area contributed by atoms with Gasteiger partial charge in [0.15, 0.2) is 5.78 Å². The maximum atomic E-state index is 11.4. The summed E-state index contributed by atoms with van der Waals surface area (Å²) in [4.78, 5) is 11.4. The van der Waals surface area contributed by atoms with Crippen molar-refractivity contribution in [2.45, 2.75) is 47.5 Å². The molecular weight excluding hydrogens is 232 g/mol. The van der Waals surface area contributed by atoms with Gasteiger partial charge in [-0.15, -0.1) is 0 Å². The minimum atomic E-state index is 0.195. The van der Waals surface area contributed by atoms with Gasteiger partial charge in [-0.2, -0.15) is 0 Å². The lowest BCUT2D eigenvalue weighted by atomic mass is 9.89. The highest BCUT2D eigenvalue weighted by Crippen LogP contribution is 2.28. The molecule has 100 valence electrons. The fraction of sp³-hybridized carbons (Fsp3) is 0.389. The minimum absolute atomic E-state index is 0.195. The lowest BCUT2D eigenvalue weighted by Crippen LogP contribution is -2.02. The Morgan fingerprint density at radius 3 is 2.11 bits per heavy atom. The Labute approximate surface area is 116 Å². The molecule has 0 atom stereocenters. The van der Waals surface area contributed by atoms with Gasteiger partial charge in [-0.1, -0.05) is 23.8 Å². The van der Waals surface area contributed by atoms with Gasteiger partial charge in [0.05, 0.1) is 0 Å². The Morgan fingerprint density at radius 1 is 1.05 bits per heavy atom. The Morgan fingerprint density at radius 2 is 1.63 bits per heavy atom. The molecule has 0 bridgehead atoms. The number of hydrogen-bond donors (Lipinski definition) is 0. The molecule has 1 aliphatic rings. The van der Waals surface area contributed by atoms with E-state index in [2.05, 4.69) is 39.8 Å². The average Bonchev–Trinajstić information content (AvgIpc) is 2.81. The lowest BCUT2D eigenvalue weighted by Gasteiger charge is -2.16. The molecule has 0 unspecified atom stereocenters. The van der Waals surface area contributed by atoms with Gasteiger partial charge in [0.1, 0.15) is 0 Å². The molecule has 1 aromatic carbocycles. The lowest BCUT2D eigenvalue weighted by molar-refractivity contribution is -0.113. The van der Waals surface area contributed by atoms with Crippen molar-refractivity contribution >= 4 is 5.78 Å². The quantitative estimate of drug-likeness (QED) is 0.785. The summed E-state index contributed by atoms with van der Waals surface area (Å²) in [6.07, 6.45) is 5.88. The summed E-state index contributed by atoms with van der Waals surface area (Å²) in [6.45, 7) is 10.4. The molecule has 0 spiro atoms. The van der Waals surface area contributed by atoms with Crippen LogP contribution < -0.4 is 0 Å². The second kappa shape index (κ2) is 5.16. The number of ketones is 1. The first-order valence-electron chi connectivity index (χ1n) is 6.86. The first kappa shape index (κ1) is 13.8. The predicted octanol–water partition coefficient (Wildman–Crippen LogP) is 4.31. The van der Waals surface area contributed by atoms with E-state index in [9.17, 15) is 4.79 Å². The third kappa shape index (κ3) is 2.70. The van der Waals surface area contributed by atoms with Crippen molar-refractivity contribution in [3.05, 3.63) is 57.2 Å². The molecule has 2 rings (SSSR count). The molecule has 0 amide bonds. The van der Waals surface area contributed by atoms with Gasteiger partial charge in [0.25, 0.3) is 0 Å². The van der Waals surface area contributed by atoms with Crippen LogP contribution in [-0.4, -0.2) is 5.78 Å². The van der Waals surface area contributed by atoms with Crippen LogP contribution in [0, 0.1) is 27.7 Å². The highest BCUT2D eigenvalue weighted by Gasteiger charge is 2.15. The molecule has 0 N–H and O–H groups in total. The van der Waals surface area contributed by atoms with Gasteiger partial charge < -0.3 is 0 Å². The molecule has 0 fully saturated rings. The number of carbonyl (C=O) groups excluding carboxylic acids is 1. The molecule has 1 aliphatic carbocycles. The topological polar surface area (TPSA) is 17.1 Å². The van der Waals surface area contributed by atoms with Crippen molar-refractivity contribution < 1.29 is 4.79 Å². The van der Waals surface area contributed by atoms with E-state index in [4.69, 9.17) is 0 Å². The standard InChI is InChI=1S/C18H22O/c1-11-8-12(2)14(4)18(13(11)3)10-16-6-7-17(9-16)15(5)19/h6-8H,9-10H2,1-5H3. The smallest absolute Gasteiger partial charge is 0.156 e. The Balaban J connectivity index is 2.25. The van der Waals surface area contributed by atoms with Gasteiger partial charge >= 0.3 is 0 Å². The summed E-state index contributed by atoms with van der Waals surface area (Å²) in [5.74, 6) is 0.195. The van der Waals surface area contributed by atoms with E-state index < -0.39 is 0 Å². The number of carbonyl (C=O) groups is 1. The van der Waals surface area contributed by atoms with Crippen molar-refractivity contribution in [2.24, 2.45) is 0 Å². The van der Waals surface area contributed by atoms with E-state index in [1.807, 2.05) is 6.08 Å². The maximum absolute atomic E-state index is 11.4. The molecule has 1 aromatic rings. The zero-order valence-corrected chi connectivity index (χ0v) is 12.6. The van der Waals surface area contributed by atoms with Gasteiger partial charge in [0, 0.05) is 0 Å². The van der Waals surface area contributed by atoms with Crippen LogP contribution in [-0.2, 0) is 11.2 Å². The molecule has 0 aliphatic heterocycles. The van der Waals surface area contributed by atoms with Crippen molar-refractivity contribution in [3.63, 3.8) is 0 Å². The second-order valence-corrected chi connectivity index (χ2v) is 5.67. The van der Waals surface area contributed by atoms with E-state index in [1.54, 1.807) is 6.92 Å². The number of hydrogen-bond acceptors (Lipinski definition) is 1. The van der Waals surface area contributed by atoms with Crippen molar-refractivity contribution in [3.8, 4) is 0 Å². The number of rotatable bonds is 3. The summed E-state index contributed by atoms with van der Waals surface area (Å²) < 4.78 is 0. The van der Waals surface area contributed by atoms with Crippen LogP contribution in [0.25, 0.3) is 0 Å². The zero-order valence-electron chi connectivity index (χ0n) is 12.6. The molecular formula is C18H22O. The molecule has 0 heterocycles. The number of benzene rings is 1. The Bertz CT molecular complexity index is 574. The first-order valence-corrected chi connectivity index (χ1v) is 6.86. The van der Waals surface area contributed by atoms with Crippen molar-refractivity contribution in [1.82, 2.24) is 0 Å². The third-order valence-electron chi connectivity index (χ3n) is 4.32. The zero-order chi connectivity index (χ0) is 14.2. The van der Waals surface area contributed by atoms with Gasteiger partial charge in [-0.05, 0) is 80.9 Å². The fourth-order valence-electron chi connectivity index (χ4n) is 2.73. The van der Waals surface area contributed by atoms with Crippen molar-refractivity contribution in [1.29, 1.82) is 0 Å². The van der Waals surface area contributed by atoms with Crippen molar-refractivity contribution in [2.75, 3.05) is 0 Å². The first-order chi connectivity index (χ1) is 8.90. The molecule has 0 aromatic heterocycles. The summed E-state index contributed by atoms with van der Waals surface area (Å²) in [5, 5.41) is 0. The minimum Gasteiger partial charge on any atom is -0.295 e. The average molecular weight is 254 g/mol. The Kier molecular flexibility index (Phi) is 3.75. The fourth-order valence-corrected chi connectivity index (χ4v) is 2.73. The van der Waals surface area contributed by atoms with Crippen LogP contribution >= 0.6 is 0 Å². The summed E-state index contributed by atoms with van der Waals surface area (Å²) >= 11 is 0. The highest BCUT2D eigenvalue weighted by atomic mass is 16.1. The van der Waals surface area contributed by atoms with Gasteiger partial charge in [-0.3, -0.25) is 4.79 Å². The van der Waals surface area contributed by atoms with Crippen LogP contribution in [0.3, 0.4) is 0 Å². The van der Waals surface area contributed by atoms with Crippen LogP contribution in [0.1, 0.15) is 41.2 Å². The van der Waals surface area contributed by atoms with Crippen LogP contribution in [0.4, 0.5) is 0 Å². The predicted molar refractivity (Wildman–Crippen MR) is 80.6 cm³/mol. The number of aryl methyl sites for hydroxylation is 2. The SMILES string of the molecule is CC(=O)C1=CC=C(Cc2c(C)c(C)cc(C)c2C)C1. The normalized spacial score (nSPS) is 14.4. The molecule has 19 heavy (non-hydrogen) atoms. The van der Waals surface area contributed by atoms with Gasteiger partial charge in [0.2, 0.25) is 0 Å². The van der Waals surface area contributed by atoms with E-state index >= 15 is 0 Å². The largest absolute Gasteiger partial charge is 0.295 e. The molecule has 1 nitrogen and oxygen atoms in total. The van der Waals surface area contributed by atoms with E-state index in [-0.39, 0.29) is 5.78 Å². The summed E-state index contributed by atoms with van der Waals surface area (Å²) in [6, 6.07) is 2.26. The molecule has 0 saturated heterocycles. The van der Waals surface area contributed by atoms with E-state index in [0.29, 0.717) is 0 Å². The summed E-state index contributed by atoms with van der Waals surface area (Å²) in [5.41, 5.74) is 9.21. The highest BCUT2D eigenvalue weighted by molar-refractivity contribution is 5.94. The van der Waals surface area contributed by atoms with Gasteiger partial charge in [-0.25, -0.2) is 0 Å². The van der Waals surface area contributed by atoms with Crippen LogP contribution in [0.2, 0.25) is 0 Å². The Hall–Kier alpha value is -1.63. The molecule has 0 radical (unpaired) electrons. The van der Waals surface area contributed by atoms with E-state index in [1.165, 1.54) is 33.4 Å². The number of Topliss-reactive ketones (excluding diaryl/α,β-unsaturated/α-hetero) is 1. The second-order valence-electron chi connectivity index (χ2n) is 5.67.